The van der Waals surface area contributed by atoms with Crippen LogP contribution in [0.15, 0.2) is 78.9 Å². The van der Waals surface area contributed by atoms with Crippen molar-refractivity contribution in [3.8, 4) is 5.75 Å². The van der Waals surface area contributed by atoms with Gasteiger partial charge in [0.1, 0.15) is 17.8 Å². The zero-order valence-corrected chi connectivity index (χ0v) is 21.4. The van der Waals surface area contributed by atoms with Gasteiger partial charge in [0.2, 0.25) is 5.91 Å². The molecule has 4 rings (SSSR count). The number of nitrogens with zero attached hydrogens (tertiary/aromatic N) is 1. The Morgan fingerprint density at radius 3 is 2.26 bits per heavy atom. The smallest absolute Gasteiger partial charge is 0.325 e. The standard InChI is InChI=1S/C29H30N4O5/c1-18-9-13-22(14-10-18)31-27(35)26(19(2)20-7-5-4-6-8-20)33-28(36)25(32-29(33)37)21-11-15-23(16-12-21)38-17-24(34)30-3/h4-16,19,25-26H,17H2,1-3H3,(H,30,34)(H,31,35)(H,32,37)/t19?,25-,26?/m1/s1. The summed E-state index contributed by atoms with van der Waals surface area (Å²) in [4.78, 5) is 52.8. The van der Waals surface area contributed by atoms with Crippen LogP contribution in [0.4, 0.5) is 10.5 Å². The van der Waals surface area contributed by atoms with Crippen molar-refractivity contribution in [1.29, 1.82) is 0 Å². The van der Waals surface area contributed by atoms with Crippen molar-refractivity contribution in [3.05, 3.63) is 95.6 Å². The van der Waals surface area contributed by atoms with E-state index in [0.717, 1.165) is 16.0 Å². The molecule has 1 aliphatic heterocycles. The van der Waals surface area contributed by atoms with Gasteiger partial charge in [-0.2, -0.15) is 0 Å². The summed E-state index contributed by atoms with van der Waals surface area (Å²) < 4.78 is 5.41. The molecule has 1 heterocycles. The average molecular weight is 515 g/mol. The van der Waals surface area contributed by atoms with Crippen LogP contribution in [0.3, 0.4) is 0 Å². The molecule has 9 heteroatoms. The van der Waals surface area contributed by atoms with Crippen molar-refractivity contribution in [1.82, 2.24) is 15.5 Å². The van der Waals surface area contributed by atoms with Crippen LogP contribution in [0.2, 0.25) is 0 Å². The number of imide groups is 1. The third-order valence-electron chi connectivity index (χ3n) is 6.50. The lowest BCUT2D eigenvalue weighted by Gasteiger charge is -2.30. The van der Waals surface area contributed by atoms with Gasteiger partial charge >= 0.3 is 6.03 Å². The van der Waals surface area contributed by atoms with E-state index < -0.39 is 35.8 Å². The number of carbonyl (C=O) groups is 4. The molecule has 3 aromatic carbocycles. The molecule has 9 nitrogen and oxygen atoms in total. The second-order valence-corrected chi connectivity index (χ2v) is 9.12. The Labute approximate surface area is 221 Å². The first kappa shape index (κ1) is 26.4. The van der Waals surface area contributed by atoms with E-state index in [4.69, 9.17) is 4.74 Å². The first-order valence-electron chi connectivity index (χ1n) is 12.3. The van der Waals surface area contributed by atoms with E-state index in [0.29, 0.717) is 17.0 Å². The van der Waals surface area contributed by atoms with Crippen molar-refractivity contribution in [2.45, 2.75) is 31.8 Å². The van der Waals surface area contributed by atoms with Crippen LogP contribution in [-0.4, -0.2) is 48.3 Å². The Balaban J connectivity index is 1.59. The van der Waals surface area contributed by atoms with Crippen molar-refractivity contribution >= 4 is 29.4 Å². The first-order chi connectivity index (χ1) is 18.3. The monoisotopic (exact) mass is 514 g/mol. The van der Waals surface area contributed by atoms with E-state index in [-0.39, 0.29) is 12.5 Å². The predicted octanol–water partition coefficient (Wildman–Crippen LogP) is 3.52. The molecule has 38 heavy (non-hydrogen) atoms. The normalized spacial score (nSPS) is 16.4. The number of ether oxygens (including phenoxy) is 1. The molecule has 0 saturated carbocycles. The van der Waals surface area contributed by atoms with E-state index in [2.05, 4.69) is 16.0 Å². The fourth-order valence-corrected chi connectivity index (χ4v) is 4.32. The van der Waals surface area contributed by atoms with Gasteiger partial charge in [-0.05, 0) is 42.3 Å². The Morgan fingerprint density at radius 1 is 0.974 bits per heavy atom. The molecule has 1 saturated heterocycles. The van der Waals surface area contributed by atoms with Gasteiger partial charge in [-0.1, -0.05) is 67.1 Å². The number of carbonyl (C=O) groups excluding carboxylic acids is 4. The number of benzene rings is 3. The van der Waals surface area contributed by atoms with Crippen molar-refractivity contribution < 1.29 is 23.9 Å². The second kappa shape index (κ2) is 11.6. The molecule has 5 amide bonds. The highest BCUT2D eigenvalue weighted by molar-refractivity contribution is 6.10. The molecule has 1 aliphatic rings. The minimum Gasteiger partial charge on any atom is -0.484 e. The molecular formula is C29H30N4O5. The Kier molecular flexibility index (Phi) is 8.06. The fourth-order valence-electron chi connectivity index (χ4n) is 4.32. The maximum Gasteiger partial charge on any atom is 0.325 e. The Hall–Kier alpha value is -4.66. The number of hydrogen-bond acceptors (Lipinski definition) is 5. The summed E-state index contributed by atoms with van der Waals surface area (Å²) in [5.74, 6) is -1.30. The van der Waals surface area contributed by atoms with Crippen LogP contribution in [0.1, 0.15) is 35.6 Å². The number of amides is 5. The summed E-state index contributed by atoms with van der Waals surface area (Å²) >= 11 is 0. The van der Waals surface area contributed by atoms with Gasteiger partial charge < -0.3 is 20.7 Å². The second-order valence-electron chi connectivity index (χ2n) is 9.12. The number of nitrogens with one attached hydrogen (secondary N) is 3. The first-order valence-corrected chi connectivity index (χ1v) is 12.3. The van der Waals surface area contributed by atoms with Gasteiger partial charge in [0, 0.05) is 18.7 Å². The van der Waals surface area contributed by atoms with E-state index in [9.17, 15) is 19.2 Å². The SMILES string of the molecule is CNC(=O)COc1ccc([C@H]2NC(=O)N(C(C(=O)Nc3ccc(C)cc3)C(C)c3ccccc3)C2=O)cc1. The molecule has 0 radical (unpaired) electrons. The number of hydrogen-bond donors (Lipinski definition) is 3. The summed E-state index contributed by atoms with van der Waals surface area (Å²) in [6.45, 7) is 3.62. The number of rotatable bonds is 9. The molecule has 1 fully saturated rings. The number of urea groups is 1. The molecule has 0 aromatic heterocycles. The zero-order chi connectivity index (χ0) is 27.2. The molecule has 3 atom stereocenters. The van der Waals surface area contributed by atoms with Crippen molar-refractivity contribution in [2.24, 2.45) is 0 Å². The Morgan fingerprint density at radius 2 is 1.63 bits per heavy atom. The van der Waals surface area contributed by atoms with Crippen LogP contribution < -0.4 is 20.7 Å². The molecule has 3 aromatic rings. The van der Waals surface area contributed by atoms with E-state index in [1.165, 1.54) is 7.05 Å². The van der Waals surface area contributed by atoms with Gasteiger partial charge in [0.05, 0.1) is 0 Å². The summed E-state index contributed by atoms with van der Waals surface area (Å²) in [5.41, 5.74) is 2.96. The maximum atomic E-state index is 13.6. The molecule has 0 aliphatic carbocycles. The highest BCUT2D eigenvalue weighted by Crippen LogP contribution is 2.31. The van der Waals surface area contributed by atoms with Gasteiger partial charge in [-0.15, -0.1) is 0 Å². The lowest BCUT2D eigenvalue weighted by molar-refractivity contribution is -0.134. The maximum absolute atomic E-state index is 13.6. The van der Waals surface area contributed by atoms with Crippen LogP contribution in [-0.2, 0) is 14.4 Å². The number of anilines is 1. The summed E-state index contributed by atoms with van der Waals surface area (Å²) in [6, 6.07) is 20.4. The van der Waals surface area contributed by atoms with Gasteiger partial charge in [0.15, 0.2) is 6.61 Å². The van der Waals surface area contributed by atoms with Crippen LogP contribution >= 0.6 is 0 Å². The van der Waals surface area contributed by atoms with Gasteiger partial charge in [-0.25, -0.2) is 9.69 Å². The van der Waals surface area contributed by atoms with Crippen LogP contribution in [0.5, 0.6) is 5.75 Å². The quantitative estimate of drug-likeness (QED) is 0.378. The van der Waals surface area contributed by atoms with Crippen LogP contribution in [0.25, 0.3) is 0 Å². The topological polar surface area (TPSA) is 117 Å². The molecular weight excluding hydrogens is 484 g/mol. The van der Waals surface area contributed by atoms with E-state index in [1.54, 1.807) is 36.4 Å². The van der Waals surface area contributed by atoms with Crippen molar-refractivity contribution in [2.75, 3.05) is 19.0 Å². The highest BCUT2D eigenvalue weighted by Gasteiger charge is 2.47. The summed E-state index contributed by atoms with van der Waals surface area (Å²) in [7, 11) is 1.52. The third-order valence-corrected chi connectivity index (χ3v) is 6.50. The van der Waals surface area contributed by atoms with Gasteiger partial charge in [-0.3, -0.25) is 14.4 Å². The molecule has 0 bridgehead atoms. The summed E-state index contributed by atoms with van der Waals surface area (Å²) in [6.07, 6.45) is 0. The molecule has 2 unspecified atom stereocenters. The molecule has 196 valence electrons. The largest absolute Gasteiger partial charge is 0.484 e. The van der Waals surface area contributed by atoms with Crippen molar-refractivity contribution in [3.63, 3.8) is 0 Å². The highest BCUT2D eigenvalue weighted by atomic mass is 16.5. The van der Waals surface area contributed by atoms with E-state index >= 15 is 0 Å². The van der Waals surface area contributed by atoms with Gasteiger partial charge in [0.25, 0.3) is 11.8 Å². The number of likely N-dealkylation sites (N-methyl/N-ethyl adjacent to an activating group) is 1. The third kappa shape index (κ3) is 5.83. The molecule has 3 N–H and O–H groups in total. The molecule has 0 spiro atoms. The minimum absolute atomic E-state index is 0.141. The zero-order valence-electron chi connectivity index (χ0n) is 21.4. The van der Waals surface area contributed by atoms with Crippen LogP contribution in [0, 0.1) is 6.92 Å². The fraction of sp³-hybridized carbons (Fsp3) is 0.241. The Bertz CT molecular complexity index is 1310. The average Bonchev–Trinajstić information content (AvgIpc) is 3.22. The number of aryl methyl sites for hydroxylation is 1. The van der Waals surface area contributed by atoms with E-state index in [1.807, 2.05) is 56.3 Å². The lowest BCUT2D eigenvalue weighted by atomic mass is 9.91. The predicted molar refractivity (Wildman–Crippen MR) is 143 cm³/mol. The lowest BCUT2D eigenvalue weighted by Crippen LogP contribution is -2.50. The summed E-state index contributed by atoms with van der Waals surface area (Å²) in [5, 5.41) is 8.05. The minimum atomic E-state index is -1.09.